The molecule has 0 aliphatic rings. The van der Waals surface area contributed by atoms with Gasteiger partial charge in [0.15, 0.2) is 0 Å². The summed E-state index contributed by atoms with van der Waals surface area (Å²) in [7, 11) is 0. The number of hydrogen-bond acceptors (Lipinski definition) is 3. The highest BCUT2D eigenvalue weighted by Gasteiger charge is 2.11. The summed E-state index contributed by atoms with van der Waals surface area (Å²) in [6.07, 6.45) is 3.28. The monoisotopic (exact) mass is 313 g/mol. The maximum atomic E-state index is 12.4. The van der Waals surface area contributed by atoms with Crippen LogP contribution in [-0.2, 0) is 4.79 Å². The summed E-state index contributed by atoms with van der Waals surface area (Å²) in [6.45, 7) is 1.99. The van der Waals surface area contributed by atoms with Crippen LogP contribution in [0.25, 0.3) is 17.0 Å². The third-order valence-electron chi connectivity index (χ3n) is 3.65. The van der Waals surface area contributed by atoms with Crippen LogP contribution in [0.15, 0.2) is 66.4 Å². The molecule has 2 aromatic carbocycles. The van der Waals surface area contributed by atoms with E-state index in [-0.39, 0.29) is 5.57 Å². The van der Waals surface area contributed by atoms with E-state index in [1.165, 1.54) is 0 Å². The van der Waals surface area contributed by atoms with Crippen LogP contribution in [0.5, 0.6) is 0 Å². The van der Waals surface area contributed by atoms with Gasteiger partial charge in [-0.3, -0.25) is 9.78 Å². The molecule has 0 aliphatic heterocycles. The van der Waals surface area contributed by atoms with Crippen LogP contribution in [0.4, 0.5) is 5.69 Å². The molecule has 0 spiro atoms. The van der Waals surface area contributed by atoms with Crippen molar-refractivity contribution in [2.24, 2.45) is 0 Å². The van der Waals surface area contributed by atoms with Crippen molar-refractivity contribution >= 4 is 28.6 Å². The van der Waals surface area contributed by atoms with Crippen LogP contribution < -0.4 is 5.32 Å². The minimum Gasteiger partial charge on any atom is -0.321 e. The number of carbonyl (C=O) groups is 1. The van der Waals surface area contributed by atoms with Gasteiger partial charge in [0.2, 0.25) is 0 Å². The summed E-state index contributed by atoms with van der Waals surface area (Å²) >= 11 is 0. The smallest absolute Gasteiger partial charge is 0.266 e. The lowest BCUT2D eigenvalue weighted by Gasteiger charge is -2.07. The molecule has 1 N–H and O–H groups in total. The summed E-state index contributed by atoms with van der Waals surface area (Å²) < 4.78 is 0. The minimum atomic E-state index is -0.436. The predicted molar refractivity (Wildman–Crippen MR) is 95.1 cm³/mol. The van der Waals surface area contributed by atoms with Crippen LogP contribution in [0.3, 0.4) is 0 Å². The summed E-state index contributed by atoms with van der Waals surface area (Å²) in [4.78, 5) is 16.7. The van der Waals surface area contributed by atoms with Crippen molar-refractivity contribution in [3.63, 3.8) is 0 Å². The lowest BCUT2D eigenvalue weighted by atomic mass is 10.1. The van der Waals surface area contributed by atoms with Gasteiger partial charge in [-0.05, 0) is 42.8 Å². The van der Waals surface area contributed by atoms with Gasteiger partial charge < -0.3 is 5.32 Å². The summed E-state index contributed by atoms with van der Waals surface area (Å²) in [5.74, 6) is -0.436. The highest BCUT2D eigenvalue weighted by molar-refractivity contribution is 6.12. The van der Waals surface area contributed by atoms with Crippen molar-refractivity contribution in [3.8, 4) is 6.07 Å². The summed E-state index contributed by atoms with van der Waals surface area (Å²) in [5.41, 5.74) is 3.41. The molecule has 3 aromatic rings. The molecule has 4 heteroatoms. The van der Waals surface area contributed by atoms with E-state index >= 15 is 0 Å². The Morgan fingerprint density at radius 1 is 1.12 bits per heavy atom. The average Bonchev–Trinajstić information content (AvgIpc) is 2.61. The van der Waals surface area contributed by atoms with E-state index in [4.69, 9.17) is 0 Å². The van der Waals surface area contributed by atoms with E-state index < -0.39 is 5.91 Å². The van der Waals surface area contributed by atoms with Crippen molar-refractivity contribution in [1.82, 2.24) is 4.98 Å². The zero-order valence-electron chi connectivity index (χ0n) is 13.2. The molecular weight excluding hydrogens is 298 g/mol. The number of pyridine rings is 1. The maximum Gasteiger partial charge on any atom is 0.266 e. The van der Waals surface area contributed by atoms with Gasteiger partial charge in [-0.25, -0.2) is 0 Å². The van der Waals surface area contributed by atoms with E-state index in [1.807, 2.05) is 61.5 Å². The number of nitriles is 1. The first-order valence-electron chi connectivity index (χ1n) is 7.51. The molecule has 0 saturated carbocycles. The van der Waals surface area contributed by atoms with Crippen LogP contribution in [0, 0.1) is 18.3 Å². The van der Waals surface area contributed by atoms with Gasteiger partial charge in [-0.1, -0.05) is 35.9 Å². The number of fused-ring (bicyclic) bond motifs is 1. The number of carbonyl (C=O) groups excluding carboxylic acids is 1. The number of amides is 1. The van der Waals surface area contributed by atoms with Crippen LogP contribution in [0.2, 0.25) is 0 Å². The Kier molecular flexibility index (Phi) is 4.35. The fraction of sp³-hybridized carbons (Fsp3) is 0.0500. The maximum absolute atomic E-state index is 12.4. The Labute approximate surface area is 140 Å². The number of hydrogen-bond donors (Lipinski definition) is 1. The van der Waals surface area contributed by atoms with Crippen molar-refractivity contribution in [2.75, 3.05) is 5.32 Å². The summed E-state index contributed by atoms with van der Waals surface area (Å²) in [6, 6.07) is 18.8. The number of aryl methyl sites for hydroxylation is 1. The topological polar surface area (TPSA) is 65.8 Å². The van der Waals surface area contributed by atoms with Crippen molar-refractivity contribution in [1.29, 1.82) is 5.26 Å². The molecule has 0 aliphatic carbocycles. The lowest BCUT2D eigenvalue weighted by molar-refractivity contribution is -0.112. The quantitative estimate of drug-likeness (QED) is 0.585. The number of benzene rings is 2. The molecule has 4 nitrogen and oxygen atoms in total. The number of anilines is 1. The molecule has 1 aromatic heterocycles. The van der Waals surface area contributed by atoms with Gasteiger partial charge in [0, 0.05) is 11.6 Å². The second-order valence-electron chi connectivity index (χ2n) is 5.41. The van der Waals surface area contributed by atoms with E-state index in [1.54, 1.807) is 18.3 Å². The van der Waals surface area contributed by atoms with E-state index in [0.717, 1.165) is 22.0 Å². The first kappa shape index (κ1) is 15.4. The number of nitrogens with zero attached hydrogens (tertiary/aromatic N) is 2. The van der Waals surface area contributed by atoms with E-state index in [2.05, 4.69) is 10.3 Å². The third-order valence-corrected chi connectivity index (χ3v) is 3.65. The Hall–Kier alpha value is -3.45. The molecule has 3 rings (SSSR count). The van der Waals surface area contributed by atoms with Gasteiger partial charge in [-0.15, -0.1) is 0 Å². The Bertz CT molecular complexity index is 961. The first-order chi connectivity index (χ1) is 11.7. The average molecular weight is 313 g/mol. The highest BCUT2D eigenvalue weighted by atomic mass is 16.1. The molecule has 1 heterocycles. The zero-order valence-corrected chi connectivity index (χ0v) is 13.2. The van der Waals surface area contributed by atoms with Crippen LogP contribution in [-0.4, -0.2) is 10.9 Å². The Morgan fingerprint density at radius 3 is 2.67 bits per heavy atom. The molecule has 116 valence electrons. The van der Waals surface area contributed by atoms with Gasteiger partial charge in [0.25, 0.3) is 5.91 Å². The Balaban J connectivity index is 1.89. The second-order valence-corrected chi connectivity index (χ2v) is 5.41. The highest BCUT2D eigenvalue weighted by Crippen LogP contribution is 2.22. The normalized spacial score (nSPS) is 11.1. The molecule has 1 amide bonds. The van der Waals surface area contributed by atoms with Gasteiger partial charge in [-0.2, -0.15) is 5.26 Å². The summed E-state index contributed by atoms with van der Waals surface area (Å²) in [5, 5.41) is 12.9. The molecule has 24 heavy (non-hydrogen) atoms. The standard InChI is InChI=1S/C20H15N3O/c1-14-7-9-15(10-8-14)12-16(13-21)20(24)23-19-6-2-5-18-17(19)4-3-11-22-18/h2-12H,1H3,(H,23,24)/b16-12+. The lowest BCUT2D eigenvalue weighted by Crippen LogP contribution is -2.13. The molecule has 0 unspecified atom stereocenters. The molecule has 0 atom stereocenters. The molecule has 0 fully saturated rings. The van der Waals surface area contributed by atoms with E-state index in [0.29, 0.717) is 5.69 Å². The van der Waals surface area contributed by atoms with Crippen molar-refractivity contribution in [3.05, 3.63) is 77.5 Å². The predicted octanol–water partition coefficient (Wildman–Crippen LogP) is 4.09. The van der Waals surface area contributed by atoms with Crippen molar-refractivity contribution in [2.45, 2.75) is 6.92 Å². The zero-order chi connectivity index (χ0) is 16.9. The minimum absolute atomic E-state index is 0.0553. The number of nitrogens with one attached hydrogen (secondary N) is 1. The molecule has 0 radical (unpaired) electrons. The first-order valence-corrected chi connectivity index (χ1v) is 7.51. The number of rotatable bonds is 3. The van der Waals surface area contributed by atoms with Gasteiger partial charge >= 0.3 is 0 Å². The molecule has 0 saturated heterocycles. The van der Waals surface area contributed by atoms with Crippen LogP contribution >= 0.6 is 0 Å². The van der Waals surface area contributed by atoms with Crippen LogP contribution in [0.1, 0.15) is 11.1 Å². The fourth-order valence-corrected chi connectivity index (χ4v) is 2.38. The van der Waals surface area contributed by atoms with Gasteiger partial charge in [0.05, 0.1) is 11.2 Å². The van der Waals surface area contributed by atoms with Crippen molar-refractivity contribution < 1.29 is 4.79 Å². The largest absolute Gasteiger partial charge is 0.321 e. The molecular formula is C20H15N3O. The van der Waals surface area contributed by atoms with Gasteiger partial charge in [0.1, 0.15) is 11.6 Å². The second kappa shape index (κ2) is 6.76. The SMILES string of the molecule is Cc1ccc(/C=C(\C#N)C(=O)Nc2cccc3ncccc23)cc1. The Morgan fingerprint density at radius 2 is 1.92 bits per heavy atom. The fourth-order valence-electron chi connectivity index (χ4n) is 2.38. The van der Waals surface area contributed by atoms with E-state index in [9.17, 15) is 10.1 Å². The number of aromatic nitrogens is 1. The molecule has 0 bridgehead atoms. The third kappa shape index (κ3) is 3.31.